The van der Waals surface area contributed by atoms with E-state index in [1.54, 1.807) is 30.3 Å². The van der Waals surface area contributed by atoms with Crippen LogP contribution in [0.2, 0.25) is 10.0 Å². The number of carbonyl (C=O) groups excluding carboxylic acids is 1. The van der Waals surface area contributed by atoms with Gasteiger partial charge in [-0.1, -0.05) is 35.3 Å². The summed E-state index contributed by atoms with van der Waals surface area (Å²) in [7, 11) is 0. The third-order valence-electron chi connectivity index (χ3n) is 2.91. The molecule has 0 atom stereocenters. The number of hydrazone groups is 1. The van der Waals surface area contributed by atoms with Crippen molar-refractivity contribution in [3.63, 3.8) is 0 Å². The molecule has 2 rings (SSSR count). The van der Waals surface area contributed by atoms with E-state index in [2.05, 4.69) is 10.5 Å². The maximum absolute atomic E-state index is 11.7. The van der Waals surface area contributed by atoms with Gasteiger partial charge in [-0.25, -0.2) is 10.2 Å². The predicted molar refractivity (Wildman–Crippen MR) is 97.3 cm³/mol. The van der Waals surface area contributed by atoms with Crippen molar-refractivity contribution in [3.8, 4) is 11.5 Å². The van der Waals surface area contributed by atoms with Crippen LogP contribution in [0.3, 0.4) is 0 Å². The van der Waals surface area contributed by atoms with Crippen molar-refractivity contribution < 1.29 is 24.2 Å². The van der Waals surface area contributed by atoms with E-state index in [1.165, 1.54) is 18.3 Å². The predicted octanol–water partition coefficient (Wildman–Crippen LogP) is 2.99. The van der Waals surface area contributed by atoms with Gasteiger partial charge >= 0.3 is 5.97 Å². The van der Waals surface area contributed by atoms with E-state index in [0.29, 0.717) is 16.3 Å². The standard InChI is InChI=1S/C17H14Cl2N2O5/c18-12-3-1-2-4-14(12)25-9-16(22)21-20-8-11-5-6-15(13(19)7-11)26-10-17(23)24/h1-8H,9-10H2,(H,21,22)(H,23,24)/b20-8+. The zero-order chi connectivity index (χ0) is 18.9. The van der Waals surface area contributed by atoms with Gasteiger partial charge in [0.1, 0.15) is 11.5 Å². The molecule has 0 saturated heterocycles. The fourth-order valence-electron chi connectivity index (χ4n) is 1.77. The van der Waals surface area contributed by atoms with E-state index in [1.807, 2.05) is 0 Å². The molecule has 2 N–H and O–H groups in total. The molecule has 0 heterocycles. The number of nitrogens with zero attached hydrogens (tertiary/aromatic N) is 1. The monoisotopic (exact) mass is 396 g/mol. The Morgan fingerprint density at radius 3 is 2.42 bits per heavy atom. The summed E-state index contributed by atoms with van der Waals surface area (Å²) >= 11 is 11.9. The molecule has 26 heavy (non-hydrogen) atoms. The second-order valence-corrected chi connectivity index (χ2v) is 5.70. The van der Waals surface area contributed by atoms with E-state index in [0.717, 1.165) is 0 Å². The van der Waals surface area contributed by atoms with Crippen molar-refractivity contribution in [2.75, 3.05) is 13.2 Å². The summed E-state index contributed by atoms with van der Waals surface area (Å²) in [6, 6.07) is 11.4. The van der Waals surface area contributed by atoms with Gasteiger partial charge < -0.3 is 14.6 Å². The highest BCUT2D eigenvalue weighted by molar-refractivity contribution is 6.32. The van der Waals surface area contributed by atoms with Crippen LogP contribution in [0.15, 0.2) is 47.6 Å². The minimum atomic E-state index is -1.10. The van der Waals surface area contributed by atoms with E-state index < -0.39 is 18.5 Å². The second-order valence-electron chi connectivity index (χ2n) is 4.88. The third-order valence-corrected chi connectivity index (χ3v) is 3.51. The number of nitrogens with one attached hydrogen (secondary N) is 1. The normalized spacial score (nSPS) is 10.5. The first-order chi connectivity index (χ1) is 12.5. The molecule has 0 aliphatic carbocycles. The van der Waals surface area contributed by atoms with Crippen molar-refractivity contribution in [3.05, 3.63) is 58.1 Å². The van der Waals surface area contributed by atoms with Crippen LogP contribution in [0.1, 0.15) is 5.56 Å². The second kappa shape index (κ2) is 9.65. The van der Waals surface area contributed by atoms with Gasteiger partial charge in [0.05, 0.1) is 16.3 Å². The van der Waals surface area contributed by atoms with E-state index >= 15 is 0 Å². The van der Waals surface area contributed by atoms with Crippen LogP contribution < -0.4 is 14.9 Å². The summed E-state index contributed by atoms with van der Waals surface area (Å²) in [5.41, 5.74) is 2.89. The molecule has 0 aromatic heterocycles. The number of hydrogen-bond donors (Lipinski definition) is 2. The van der Waals surface area contributed by atoms with Gasteiger partial charge in [0.2, 0.25) is 0 Å². The number of carboxylic acids is 1. The molecule has 0 radical (unpaired) electrons. The third kappa shape index (κ3) is 6.27. The molecule has 2 aromatic carbocycles. The van der Waals surface area contributed by atoms with Crippen molar-refractivity contribution in [2.24, 2.45) is 5.10 Å². The SMILES string of the molecule is O=C(O)COc1ccc(/C=N/NC(=O)COc2ccccc2Cl)cc1Cl. The lowest BCUT2D eigenvalue weighted by Gasteiger charge is -2.07. The first-order valence-electron chi connectivity index (χ1n) is 7.29. The fraction of sp³-hybridized carbons (Fsp3) is 0.118. The summed E-state index contributed by atoms with van der Waals surface area (Å²) < 4.78 is 10.3. The lowest BCUT2D eigenvalue weighted by molar-refractivity contribution is -0.139. The molecular weight excluding hydrogens is 383 g/mol. The highest BCUT2D eigenvalue weighted by Crippen LogP contribution is 2.25. The number of halogens is 2. The Balaban J connectivity index is 1.83. The number of amides is 1. The number of aliphatic carboxylic acids is 1. The molecule has 1 amide bonds. The van der Waals surface area contributed by atoms with Crippen molar-refractivity contribution >= 4 is 41.3 Å². The van der Waals surface area contributed by atoms with Crippen LogP contribution in [-0.2, 0) is 9.59 Å². The van der Waals surface area contributed by atoms with E-state index in [-0.39, 0.29) is 17.4 Å². The molecule has 0 saturated carbocycles. The molecule has 7 nitrogen and oxygen atoms in total. The summed E-state index contributed by atoms with van der Waals surface area (Å²) in [4.78, 5) is 22.2. The Kier molecular flexibility index (Phi) is 7.25. The number of carboxylic acid groups (broad SMARTS) is 1. The van der Waals surface area contributed by atoms with E-state index in [4.69, 9.17) is 37.8 Å². The number of rotatable bonds is 8. The minimum Gasteiger partial charge on any atom is -0.482 e. The topological polar surface area (TPSA) is 97.2 Å². The number of ether oxygens (including phenoxy) is 2. The summed E-state index contributed by atoms with van der Waals surface area (Å²) in [6.45, 7) is -0.738. The molecular formula is C17H14Cl2N2O5. The Morgan fingerprint density at radius 1 is 1.04 bits per heavy atom. The van der Waals surface area contributed by atoms with Crippen LogP contribution >= 0.6 is 23.2 Å². The zero-order valence-electron chi connectivity index (χ0n) is 13.3. The van der Waals surface area contributed by atoms with Crippen molar-refractivity contribution in [1.29, 1.82) is 0 Å². The largest absolute Gasteiger partial charge is 0.482 e. The average molecular weight is 397 g/mol. The number of hydrogen-bond acceptors (Lipinski definition) is 5. The van der Waals surface area contributed by atoms with Gasteiger partial charge in [-0.3, -0.25) is 4.79 Å². The van der Waals surface area contributed by atoms with E-state index in [9.17, 15) is 9.59 Å². The Bertz CT molecular complexity index is 827. The van der Waals surface area contributed by atoms with Gasteiger partial charge in [-0.15, -0.1) is 0 Å². The molecule has 0 spiro atoms. The summed E-state index contributed by atoms with van der Waals surface area (Å²) in [5.74, 6) is -0.928. The van der Waals surface area contributed by atoms with Crippen molar-refractivity contribution in [1.82, 2.24) is 5.43 Å². The van der Waals surface area contributed by atoms with Crippen molar-refractivity contribution in [2.45, 2.75) is 0 Å². The maximum atomic E-state index is 11.7. The smallest absolute Gasteiger partial charge is 0.341 e. The van der Waals surface area contributed by atoms with Gasteiger partial charge in [-0.05, 0) is 35.9 Å². The molecule has 136 valence electrons. The van der Waals surface area contributed by atoms with Gasteiger partial charge in [0, 0.05) is 0 Å². The molecule has 0 fully saturated rings. The molecule has 0 aliphatic heterocycles. The molecule has 9 heteroatoms. The minimum absolute atomic E-state index is 0.226. The number of carbonyl (C=O) groups is 2. The quantitative estimate of drug-likeness (QED) is 0.527. The van der Waals surface area contributed by atoms with Gasteiger partial charge in [-0.2, -0.15) is 5.10 Å². The Hall–Kier alpha value is -2.77. The van der Waals surface area contributed by atoms with Crippen LogP contribution in [0.25, 0.3) is 0 Å². The maximum Gasteiger partial charge on any atom is 0.341 e. The lowest BCUT2D eigenvalue weighted by Crippen LogP contribution is -2.24. The van der Waals surface area contributed by atoms with Crippen LogP contribution in [0.4, 0.5) is 0 Å². The van der Waals surface area contributed by atoms with Crippen LogP contribution in [0, 0.1) is 0 Å². The highest BCUT2D eigenvalue weighted by atomic mass is 35.5. The number of benzene rings is 2. The Morgan fingerprint density at radius 2 is 1.73 bits per heavy atom. The first kappa shape index (κ1) is 19.6. The summed E-state index contributed by atoms with van der Waals surface area (Å²) in [6.07, 6.45) is 1.38. The summed E-state index contributed by atoms with van der Waals surface area (Å²) in [5, 5.41) is 13.0. The van der Waals surface area contributed by atoms with Gasteiger partial charge in [0.25, 0.3) is 5.91 Å². The first-order valence-corrected chi connectivity index (χ1v) is 8.04. The molecule has 0 bridgehead atoms. The average Bonchev–Trinajstić information content (AvgIpc) is 2.60. The molecule has 0 aliphatic rings. The molecule has 0 unspecified atom stereocenters. The molecule has 2 aromatic rings. The number of para-hydroxylation sites is 1. The van der Waals surface area contributed by atoms with Gasteiger partial charge in [0.15, 0.2) is 13.2 Å². The van der Waals surface area contributed by atoms with Crippen LogP contribution in [-0.4, -0.2) is 36.4 Å². The zero-order valence-corrected chi connectivity index (χ0v) is 14.8. The fourth-order valence-corrected chi connectivity index (χ4v) is 2.20. The lowest BCUT2D eigenvalue weighted by atomic mass is 10.2. The van der Waals surface area contributed by atoms with Crippen LogP contribution in [0.5, 0.6) is 11.5 Å². The Labute approximate surface area is 159 Å². The highest BCUT2D eigenvalue weighted by Gasteiger charge is 2.06.